The zero-order valence-corrected chi connectivity index (χ0v) is 30.3. The number of benzene rings is 2. The van der Waals surface area contributed by atoms with E-state index < -0.39 is 11.7 Å². The molecule has 11 nitrogen and oxygen atoms in total. The molecule has 1 saturated heterocycles. The molecular weight excluding hydrogens is 656 g/mol. The van der Waals surface area contributed by atoms with Crippen molar-refractivity contribution in [2.24, 2.45) is 11.8 Å². The number of carbonyl (C=O) groups excluding carboxylic acids is 3. The number of nitrogens with zero attached hydrogens (tertiary/aromatic N) is 4. The van der Waals surface area contributed by atoms with E-state index in [0.717, 1.165) is 75.0 Å². The Morgan fingerprint density at radius 3 is 2.58 bits per heavy atom. The predicted molar refractivity (Wildman–Crippen MR) is 197 cm³/mol. The average Bonchev–Trinajstić information content (AvgIpc) is 3.34. The Kier molecular flexibility index (Phi) is 7.43. The van der Waals surface area contributed by atoms with Crippen molar-refractivity contribution in [1.29, 1.82) is 0 Å². The van der Waals surface area contributed by atoms with E-state index in [-0.39, 0.29) is 29.8 Å². The topological polar surface area (TPSA) is 119 Å². The highest BCUT2D eigenvalue weighted by Crippen LogP contribution is 2.42. The number of aromatic nitrogens is 3. The first-order valence-corrected chi connectivity index (χ1v) is 18.4. The van der Waals surface area contributed by atoms with Crippen LogP contribution >= 0.6 is 0 Å². The number of amides is 3. The van der Waals surface area contributed by atoms with Gasteiger partial charge in [0.05, 0.1) is 30.5 Å². The SMILES string of the molecule is COc1cc(C(=O)N2CC3CCC2[C@@H]3NC(=O)OC(C)(C)C)cn2nc(-c3cc4ccc(-c5ccc6c(c5)C(=O)NC6)cc4n3CC3CC3)c(C)c12. The molecule has 3 aromatic heterocycles. The maximum absolute atomic E-state index is 14.2. The monoisotopic (exact) mass is 700 g/mol. The van der Waals surface area contributed by atoms with Crippen LogP contribution in [0.4, 0.5) is 4.79 Å². The van der Waals surface area contributed by atoms with Crippen molar-refractivity contribution in [3.63, 3.8) is 0 Å². The minimum Gasteiger partial charge on any atom is -0.494 e. The Morgan fingerprint density at radius 1 is 1.02 bits per heavy atom. The molecule has 52 heavy (non-hydrogen) atoms. The van der Waals surface area contributed by atoms with E-state index in [1.54, 1.807) is 11.6 Å². The van der Waals surface area contributed by atoms with Crippen molar-refractivity contribution in [2.75, 3.05) is 13.7 Å². The van der Waals surface area contributed by atoms with Crippen LogP contribution in [0, 0.1) is 18.8 Å². The van der Waals surface area contributed by atoms with Crippen molar-refractivity contribution >= 4 is 34.3 Å². The first kappa shape index (κ1) is 32.6. The van der Waals surface area contributed by atoms with Crippen molar-refractivity contribution in [3.8, 4) is 28.3 Å². The number of hydrogen-bond donors (Lipinski definition) is 2. The van der Waals surface area contributed by atoms with Crippen LogP contribution in [0.1, 0.15) is 78.3 Å². The summed E-state index contributed by atoms with van der Waals surface area (Å²) in [5.74, 6) is 1.26. The van der Waals surface area contributed by atoms with E-state index in [1.807, 2.05) is 50.1 Å². The van der Waals surface area contributed by atoms with Crippen LogP contribution in [0.25, 0.3) is 38.9 Å². The molecule has 5 aromatic rings. The predicted octanol–water partition coefficient (Wildman–Crippen LogP) is 6.72. The number of hydrogen-bond acceptors (Lipinski definition) is 6. The van der Waals surface area contributed by atoms with Crippen molar-refractivity contribution < 1.29 is 23.9 Å². The molecule has 2 saturated carbocycles. The summed E-state index contributed by atoms with van der Waals surface area (Å²) in [5.41, 5.74) is 8.54. The Bertz CT molecular complexity index is 2310. The summed E-state index contributed by atoms with van der Waals surface area (Å²) in [6.07, 6.45) is 5.56. The lowest BCUT2D eigenvalue weighted by molar-refractivity contribution is 0.0485. The van der Waals surface area contributed by atoms with Crippen LogP contribution in [-0.4, -0.2) is 68.3 Å². The highest BCUT2D eigenvalue weighted by molar-refractivity contribution is 6.00. The van der Waals surface area contributed by atoms with Crippen LogP contribution in [0.2, 0.25) is 0 Å². The summed E-state index contributed by atoms with van der Waals surface area (Å²) >= 11 is 0. The van der Waals surface area contributed by atoms with Crippen LogP contribution in [-0.2, 0) is 17.8 Å². The van der Waals surface area contributed by atoms with Gasteiger partial charge in [-0.05, 0) is 106 Å². The molecule has 11 heteroatoms. The van der Waals surface area contributed by atoms with E-state index >= 15 is 0 Å². The van der Waals surface area contributed by atoms with Crippen LogP contribution in [0.15, 0.2) is 54.7 Å². The standard InChI is InChI=1S/C41H44N6O5/c1-22-35(33-16-26-10-8-25(15-32(26)45(33)19-23-6-7-23)24-9-11-27-18-42-38(48)30(27)14-24)44-47-21-29(17-34(51-5)37(22)47)39(49)46-20-28-12-13-31(46)36(28)43-40(50)52-41(2,3)4/h8-11,14-17,21,23,28,31,36H,6-7,12-13,18-20H2,1-5H3,(H,42,48)(H,43,50)/t28?,31?,36-/m1/s1. The first-order valence-electron chi connectivity index (χ1n) is 18.4. The summed E-state index contributed by atoms with van der Waals surface area (Å²) in [7, 11) is 1.63. The van der Waals surface area contributed by atoms with Gasteiger partial charge >= 0.3 is 6.09 Å². The zero-order valence-electron chi connectivity index (χ0n) is 30.3. The molecule has 0 radical (unpaired) electrons. The molecule has 5 heterocycles. The van der Waals surface area contributed by atoms with E-state index in [9.17, 15) is 14.4 Å². The molecule has 3 amide bonds. The van der Waals surface area contributed by atoms with Gasteiger partial charge in [-0.1, -0.05) is 24.3 Å². The zero-order chi connectivity index (χ0) is 36.1. The summed E-state index contributed by atoms with van der Waals surface area (Å²) in [5, 5.41) is 12.2. The van der Waals surface area contributed by atoms with Gasteiger partial charge in [0.1, 0.15) is 22.6 Å². The lowest BCUT2D eigenvalue weighted by Gasteiger charge is -2.28. The number of carbonyl (C=O) groups is 3. The molecule has 2 unspecified atom stereocenters. The van der Waals surface area contributed by atoms with Gasteiger partial charge in [-0.3, -0.25) is 9.59 Å². The van der Waals surface area contributed by atoms with E-state index in [4.69, 9.17) is 14.6 Å². The fourth-order valence-corrected chi connectivity index (χ4v) is 8.64. The third kappa shape index (κ3) is 5.48. The van der Waals surface area contributed by atoms with Gasteiger partial charge in [-0.15, -0.1) is 0 Å². The van der Waals surface area contributed by atoms with E-state index in [1.165, 1.54) is 12.8 Å². The fourth-order valence-electron chi connectivity index (χ4n) is 8.64. The fraction of sp³-hybridized carbons (Fsp3) is 0.415. The third-order valence-electron chi connectivity index (χ3n) is 11.3. The van der Waals surface area contributed by atoms with E-state index in [0.29, 0.717) is 30.3 Å². The second-order valence-electron chi connectivity index (χ2n) is 16.0. The number of rotatable bonds is 7. The van der Waals surface area contributed by atoms with Gasteiger partial charge in [0.25, 0.3) is 11.8 Å². The molecule has 4 aliphatic rings. The summed E-state index contributed by atoms with van der Waals surface area (Å²) in [6, 6.07) is 16.4. The minimum atomic E-state index is -0.595. The Hall–Kier alpha value is -5.32. The molecule has 3 atom stereocenters. The number of nitrogens with one attached hydrogen (secondary N) is 2. The summed E-state index contributed by atoms with van der Waals surface area (Å²) in [6.45, 7) is 9.65. The molecule has 2 aliphatic heterocycles. The number of alkyl carbamates (subject to hydrolysis) is 1. The number of fused-ring (bicyclic) bond motifs is 5. The van der Waals surface area contributed by atoms with Crippen LogP contribution < -0.4 is 15.4 Å². The normalized spacial score (nSPS) is 20.8. The number of methoxy groups -OCH3 is 1. The summed E-state index contributed by atoms with van der Waals surface area (Å²) < 4.78 is 15.6. The minimum absolute atomic E-state index is 0.0213. The number of aryl methyl sites for hydroxylation is 1. The molecule has 2 aliphatic carbocycles. The van der Waals surface area contributed by atoms with Crippen molar-refractivity contribution in [2.45, 2.75) is 84.2 Å². The van der Waals surface area contributed by atoms with Crippen molar-refractivity contribution in [1.82, 2.24) is 29.7 Å². The van der Waals surface area contributed by atoms with Crippen LogP contribution in [0.5, 0.6) is 5.75 Å². The van der Waals surface area contributed by atoms with E-state index in [2.05, 4.69) is 52.5 Å². The lowest BCUT2D eigenvalue weighted by atomic mass is 9.99. The Morgan fingerprint density at radius 2 is 1.81 bits per heavy atom. The number of ether oxygens (including phenoxy) is 2. The Balaban J connectivity index is 1.06. The maximum atomic E-state index is 14.2. The molecule has 2 N–H and O–H groups in total. The van der Waals surface area contributed by atoms with Gasteiger partial charge in [-0.25, -0.2) is 9.31 Å². The Labute approximate surface area is 302 Å². The van der Waals surface area contributed by atoms with Gasteiger partial charge in [-0.2, -0.15) is 5.10 Å². The quantitative estimate of drug-likeness (QED) is 0.195. The summed E-state index contributed by atoms with van der Waals surface area (Å²) in [4.78, 5) is 41.1. The highest BCUT2D eigenvalue weighted by atomic mass is 16.6. The maximum Gasteiger partial charge on any atom is 0.407 e. The second kappa shape index (κ2) is 11.9. The van der Waals surface area contributed by atoms with Gasteiger partial charge in [0, 0.05) is 47.9 Å². The molecular formula is C41H44N6O5. The largest absolute Gasteiger partial charge is 0.494 e. The molecule has 2 aromatic carbocycles. The third-order valence-corrected chi connectivity index (χ3v) is 11.3. The molecule has 2 bridgehead atoms. The lowest BCUT2D eigenvalue weighted by Crippen LogP contribution is -2.46. The average molecular weight is 701 g/mol. The highest BCUT2D eigenvalue weighted by Gasteiger charge is 2.50. The van der Waals surface area contributed by atoms with Crippen LogP contribution in [0.3, 0.4) is 0 Å². The smallest absolute Gasteiger partial charge is 0.407 e. The van der Waals surface area contributed by atoms with Gasteiger partial charge < -0.3 is 29.6 Å². The van der Waals surface area contributed by atoms with Crippen molar-refractivity contribution in [3.05, 3.63) is 77.0 Å². The number of likely N-dealkylation sites (tertiary alicyclic amines) is 1. The van der Waals surface area contributed by atoms with Gasteiger partial charge in [0.2, 0.25) is 0 Å². The van der Waals surface area contributed by atoms with Gasteiger partial charge in [0.15, 0.2) is 0 Å². The number of pyridine rings is 1. The second-order valence-corrected chi connectivity index (χ2v) is 16.0. The molecule has 268 valence electrons. The molecule has 3 fully saturated rings. The first-order chi connectivity index (χ1) is 25.0. The number of piperidine rings is 1. The molecule has 9 rings (SSSR count). The molecule has 0 spiro atoms.